The monoisotopic (exact) mass is 297 g/mol. The number of aromatic nitrogens is 1. The third-order valence-electron chi connectivity index (χ3n) is 2.57. The molecule has 0 saturated carbocycles. The Morgan fingerprint density at radius 1 is 1.32 bits per heavy atom. The lowest BCUT2D eigenvalue weighted by Crippen LogP contribution is -2.26. The second-order valence-corrected chi connectivity index (χ2v) is 6.79. The van der Waals surface area contributed by atoms with E-state index < -0.39 is 10.0 Å². The highest BCUT2D eigenvalue weighted by Gasteiger charge is 2.12. The molecule has 0 radical (unpaired) electrons. The smallest absolute Gasteiger partial charge is 0.240 e. The van der Waals surface area contributed by atoms with Crippen LogP contribution in [-0.4, -0.2) is 19.9 Å². The zero-order valence-electron chi connectivity index (χ0n) is 10.5. The average molecular weight is 297 g/mol. The van der Waals surface area contributed by atoms with Gasteiger partial charge in [-0.2, -0.15) is 0 Å². The molecule has 0 amide bonds. The van der Waals surface area contributed by atoms with Crippen molar-refractivity contribution in [1.82, 2.24) is 9.71 Å². The number of nitrogen functional groups attached to an aromatic ring is 1. The van der Waals surface area contributed by atoms with Gasteiger partial charge < -0.3 is 5.73 Å². The van der Waals surface area contributed by atoms with Gasteiger partial charge in [0.25, 0.3) is 0 Å². The van der Waals surface area contributed by atoms with Crippen LogP contribution in [0.5, 0.6) is 0 Å². The van der Waals surface area contributed by atoms with E-state index in [1.54, 1.807) is 24.3 Å². The fraction of sp³-hybridized carbons (Fsp3) is 0.250. The summed E-state index contributed by atoms with van der Waals surface area (Å²) < 4.78 is 26.5. The molecule has 1 aromatic heterocycles. The molecule has 5 nitrogen and oxygen atoms in total. The van der Waals surface area contributed by atoms with Crippen LogP contribution >= 0.6 is 11.3 Å². The van der Waals surface area contributed by atoms with Crippen LogP contribution in [0.1, 0.15) is 11.3 Å². The molecule has 0 aliphatic carbocycles. The fourth-order valence-electron chi connectivity index (χ4n) is 1.55. The molecule has 0 spiro atoms. The minimum absolute atomic E-state index is 0.274. The molecule has 1 aromatic carbocycles. The number of nitrogens with zero attached hydrogens (tertiary/aromatic N) is 1. The van der Waals surface area contributed by atoms with Crippen LogP contribution in [0.4, 0.5) is 5.13 Å². The second-order valence-electron chi connectivity index (χ2n) is 4.14. The zero-order chi connectivity index (χ0) is 13.9. The Morgan fingerprint density at radius 3 is 2.58 bits per heavy atom. The Hall–Kier alpha value is -1.44. The zero-order valence-corrected chi connectivity index (χ0v) is 12.1. The van der Waals surface area contributed by atoms with E-state index in [1.165, 1.54) is 11.3 Å². The van der Waals surface area contributed by atoms with Crippen LogP contribution in [0.3, 0.4) is 0 Å². The van der Waals surface area contributed by atoms with E-state index in [2.05, 4.69) is 9.71 Å². The molecule has 3 N–H and O–H groups in total. The third kappa shape index (κ3) is 3.76. The predicted molar refractivity (Wildman–Crippen MR) is 76.6 cm³/mol. The summed E-state index contributed by atoms with van der Waals surface area (Å²) >= 11 is 1.35. The van der Waals surface area contributed by atoms with Crippen molar-refractivity contribution in [2.75, 3.05) is 12.3 Å². The molecule has 1 heterocycles. The predicted octanol–water partition coefficient (Wildman–Crippen LogP) is 1.55. The summed E-state index contributed by atoms with van der Waals surface area (Å²) in [5.74, 6) is 0. The average Bonchev–Trinajstić information content (AvgIpc) is 2.75. The lowest BCUT2D eigenvalue weighted by molar-refractivity contribution is 0.581. The molecule has 0 saturated heterocycles. The van der Waals surface area contributed by atoms with E-state index in [4.69, 9.17) is 5.73 Å². The van der Waals surface area contributed by atoms with Crippen LogP contribution in [0.25, 0.3) is 0 Å². The van der Waals surface area contributed by atoms with E-state index in [0.717, 1.165) is 11.3 Å². The van der Waals surface area contributed by atoms with Crippen molar-refractivity contribution in [2.45, 2.75) is 18.2 Å². The highest BCUT2D eigenvalue weighted by Crippen LogP contribution is 2.12. The molecule has 2 aromatic rings. The van der Waals surface area contributed by atoms with Crippen molar-refractivity contribution in [3.05, 3.63) is 40.9 Å². The number of sulfonamides is 1. The summed E-state index contributed by atoms with van der Waals surface area (Å²) in [6.45, 7) is 2.22. The van der Waals surface area contributed by atoms with Crippen LogP contribution in [0.15, 0.2) is 34.5 Å². The van der Waals surface area contributed by atoms with Gasteiger partial charge in [0.05, 0.1) is 10.6 Å². The Morgan fingerprint density at radius 2 is 2.00 bits per heavy atom. The number of hydrogen-bond acceptors (Lipinski definition) is 5. The number of benzene rings is 1. The molecule has 0 unspecified atom stereocenters. The standard InChI is InChI=1S/C12H15N3O2S2/c1-9-2-4-11(5-3-9)19(16,17)14-7-6-10-8-18-12(13)15-10/h2-5,8,14H,6-7H2,1H3,(H2,13,15). The summed E-state index contributed by atoms with van der Waals surface area (Å²) in [7, 11) is -3.45. The van der Waals surface area contributed by atoms with Gasteiger partial charge in [0.2, 0.25) is 10.0 Å². The van der Waals surface area contributed by atoms with Gasteiger partial charge in [-0.15, -0.1) is 11.3 Å². The maximum absolute atomic E-state index is 12.0. The van der Waals surface area contributed by atoms with E-state index >= 15 is 0 Å². The minimum atomic E-state index is -3.45. The first kappa shape index (κ1) is 14.0. The number of nitrogens with one attached hydrogen (secondary N) is 1. The van der Waals surface area contributed by atoms with Crippen molar-refractivity contribution >= 4 is 26.5 Å². The van der Waals surface area contributed by atoms with Gasteiger partial charge in [-0.3, -0.25) is 0 Å². The molecule has 0 fully saturated rings. The molecule has 0 bridgehead atoms. The quantitative estimate of drug-likeness (QED) is 0.877. The van der Waals surface area contributed by atoms with Gasteiger partial charge in [0.1, 0.15) is 0 Å². The molecule has 0 atom stereocenters. The molecular formula is C12H15N3O2S2. The van der Waals surface area contributed by atoms with Gasteiger partial charge in [-0.05, 0) is 19.1 Å². The van der Waals surface area contributed by atoms with E-state index in [0.29, 0.717) is 18.1 Å². The van der Waals surface area contributed by atoms with Crippen molar-refractivity contribution in [3.63, 3.8) is 0 Å². The highest BCUT2D eigenvalue weighted by molar-refractivity contribution is 7.89. The van der Waals surface area contributed by atoms with Crippen molar-refractivity contribution in [3.8, 4) is 0 Å². The fourth-order valence-corrected chi connectivity index (χ4v) is 3.18. The minimum Gasteiger partial charge on any atom is -0.375 e. The SMILES string of the molecule is Cc1ccc(S(=O)(=O)NCCc2csc(N)n2)cc1. The lowest BCUT2D eigenvalue weighted by Gasteiger charge is -2.06. The van der Waals surface area contributed by atoms with E-state index in [1.807, 2.05) is 12.3 Å². The Balaban J connectivity index is 1.96. The number of anilines is 1. The van der Waals surface area contributed by atoms with Crippen molar-refractivity contribution < 1.29 is 8.42 Å². The second kappa shape index (κ2) is 5.68. The van der Waals surface area contributed by atoms with Crippen molar-refractivity contribution in [1.29, 1.82) is 0 Å². The maximum atomic E-state index is 12.0. The topological polar surface area (TPSA) is 85.1 Å². The van der Waals surface area contributed by atoms with Gasteiger partial charge in [0.15, 0.2) is 5.13 Å². The lowest BCUT2D eigenvalue weighted by atomic mass is 10.2. The van der Waals surface area contributed by atoms with Crippen molar-refractivity contribution in [2.24, 2.45) is 0 Å². The molecule has 2 rings (SSSR count). The van der Waals surface area contributed by atoms with E-state index in [9.17, 15) is 8.42 Å². The summed E-state index contributed by atoms with van der Waals surface area (Å²) in [5.41, 5.74) is 7.34. The normalized spacial score (nSPS) is 11.6. The molecule has 19 heavy (non-hydrogen) atoms. The number of nitrogens with two attached hydrogens (primary N) is 1. The summed E-state index contributed by atoms with van der Waals surface area (Å²) in [5, 5.41) is 2.33. The van der Waals surface area contributed by atoms with Gasteiger partial charge in [-0.25, -0.2) is 18.1 Å². The molecule has 102 valence electrons. The number of aryl methyl sites for hydroxylation is 1. The van der Waals surface area contributed by atoms with Gasteiger partial charge in [0, 0.05) is 18.3 Å². The summed E-state index contributed by atoms with van der Waals surface area (Å²) in [6.07, 6.45) is 0.527. The molecule has 0 aliphatic rings. The first-order valence-corrected chi connectivity index (χ1v) is 8.10. The summed E-state index contributed by atoms with van der Waals surface area (Å²) in [6, 6.07) is 6.74. The van der Waals surface area contributed by atoms with Crippen LogP contribution < -0.4 is 10.5 Å². The van der Waals surface area contributed by atoms with E-state index in [-0.39, 0.29) is 4.90 Å². The largest absolute Gasteiger partial charge is 0.375 e. The molecule has 7 heteroatoms. The maximum Gasteiger partial charge on any atom is 0.240 e. The van der Waals surface area contributed by atoms with Gasteiger partial charge >= 0.3 is 0 Å². The Bertz CT molecular complexity index is 648. The molecule has 0 aliphatic heterocycles. The summed E-state index contributed by atoms with van der Waals surface area (Å²) in [4.78, 5) is 4.35. The Kier molecular flexibility index (Phi) is 4.18. The van der Waals surface area contributed by atoms with Gasteiger partial charge in [-0.1, -0.05) is 17.7 Å². The van der Waals surface area contributed by atoms with Crippen LogP contribution in [0.2, 0.25) is 0 Å². The van der Waals surface area contributed by atoms with Crippen LogP contribution in [0, 0.1) is 6.92 Å². The third-order valence-corrected chi connectivity index (χ3v) is 4.77. The highest BCUT2D eigenvalue weighted by atomic mass is 32.2. The Labute approximate surface area is 116 Å². The van der Waals surface area contributed by atoms with Crippen LogP contribution in [-0.2, 0) is 16.4 Å². The number of hydrogen-bond donors (Lipinski definition) is 2. The molecular weight excluding hydrogens is 282 g/mol. The first-order chi connectivity index (χ1) is 8.97. The number of rotatable bonds is 5. The number of thiazole rings is 1. The first-order valence-electron chi connectivity index (χ1n) is 5.73.